The van der Waals surface area contributed by atoms with E-state index in [9.17, 15) is 27.1 Å². The Hall–Kier alpha value is -1.57. The van der Waals surface area contributed by atoms with Gasteiger partial charge in [0.15, 0.2) is 17.6 Å². The summed E-state index contributed by atoms with van der Waals surface area (Å²) in [6, 6.07) is 3.39. The molecule has 1 N–H and O–H groups in total. The molecule has 0 saturated carbocycles. The average Bonchev–Trinajstić information content (AvgIpc) is 2.35. The third-order valence-electron chi connectivity index (χ3n) is 2.45. The SMILES string of the molecule is COc1cccc([C@@H](O)C(F)(F)C(F)(F)F)c1OC. The molecule has 0 fully saturated rings. The van der Waals surface area contributed by atoms with Gasteiger partial charge in [-0.25, -0.2) is 0 Å². The summed E-state index contributed by atoms with van der Waals surface area (Å²) in [7, 11) is 2.26. The molecule has 0 unspecified atom stereocenters. The minimum Gasteiger partial charge on any atom is -0.493 e. The number of hydrogen-bond acceptors (Lipinski definition) is 3. The van der Waals surface area contributed by atoms with Crippen molar-refractivity contribution in [2.45, 2.75) is 18.2 Å². The summed E-state index contributed by atoms with van der Waals surface area (Å²) in [4.78, 5) is 0. The van der Waals surface area contributed by atoms with Crippen LogP contribution in [0.5, 0.6) is 11.5 Å². The van der Waals surface area contributed by atoms with Gasteiger partial charge in [-0.3, -0.25) is 0 Å². The Balaban J connectivity index is 3.31. The molecule has 8 heteroatoms. The second-order valence-electron chi connectivity index (χ2n) is 3.61. The van der Waals surface area contributed by atoms with Crippen molar-refractivity contribution in [3.63, 3.8) is 0 Å². The van der Waals surface area contributed by atoms with Crippen LogP contribution in [0.25, 0.3) is 0 Å². The molecule has 0 radical (unpaired) electrons. The second-order valence-corrected chi connectivity index (χ2v) is 3.61. The van der Waals surface area contributed by atoms with Crippen molar-refractivity contribution in [3.05, 3.63) is 23.8 Å². The number of alkyl halides is 5. The van der Waals surface area contributed by atoms with Crippen LogP contribution in [0.3, 0.4) is 0 Å². The van der Waals surface area contributed by atoms with Crippen LogP contribution in [0.4, 0.5) is 22.0 Å². The molecular formula is C11H11F5O3. The molecule has 19 heavy (non-hydrogen) atoms. The summed E-state index contributed by atoms with van der Waals surface area (Å²) in [5, 5.41) is 9.31. The molecule has 108 valence electrons. The van der Waals surface area contributed by atoms with Gasteiger partial charge in [0.05, 0.1) is 14.2 Å². The predicted molar refractivity (Wildman–Crippen MR) is 55.5 cm³/mol. The summed E-state index contributed by atoms with van der Waals surface area (Å²) in [6.45, 7) is 0. The molecule has 0 saturated heterocycles. The normalized spacial score (nSPS) is 14.1. The third-order valence-corrected chi connectivity index (χ3v) is 2.45. The molecule has 1 aromatic rings. The zero-order chi connectivity index (χ0) is 14.8. The highest BCUT2D eigenvalue weighted by Crippen LogP contribution is 2.47. The fraction of sp³-hybridized carbons (Fsp3) is 0.455. The number of benzene rings is 1. The highest BCUT2D eigenvalue weighted by atomic mass is 19.4. The van der Waals surface area contributed by atoms with E-state index in [1.165, 1.54) is 19.2 Å². The largest absolute Gasteiger partial charge is 0.493 e. The van der Waals surface area contributed by atoms with Gasteiger partial charge in [-0.2, -0.15) is 22.0 Å². The number of ether oxygens (including phenoxy) is 2. The minimum atomic E-state index is -5.87. The zero-order valence-corrected chi connectivity index (χ0v) is 9.96. The van der Waals surface area contributed by atoms with Crippen LogP contribution < -0.4 is 9.47 Å². The van der Waals surface area contributed by atoms with Crippen molar-refractivity contribution in [1.82, 2.24) is 0 Å². The van der Waals surface area contributed by atoms with E-state index >= 15 is 0 Å². The quantitative estimate of drug-likeness (QED) is 0.865. The van der Waals surface area contributed by atoms with Gasteiger partial charge in [0.25, 0.3) is 0 Å². The lowest BCUT2D eigenvalue weighted by Crippen LogP contribution is -2.42. The highest BCUT2D eigenvalue weighted by Gasteiger charge is 2.63. The fourth-order valence-electron chi connectivity index (χ4n) is 1.48. The fourth-order valence-corrected chi connectivity index (χ4v) is 1.48. The lowest BCUT2D eigenvalue weighted by atomic mass is 10.0. The molecule has 1 aromatic carbocycles. The Labute approximate surface area is 105 Å². The lowest BCUT2D eigenvalue weighted by molar-refractivity contribution is -0.315. The number of rotatable bonds is 4. The second kappa shape index (κ2) is 5.20. The topological polar surface area (TPSA) is 38.7 Å². The van der Waals surface area contributed by atoms with Gasteiger partial charge < -0.3 is 14.6 Å². The van der Waals surface area contributed by atoms with E-state index in [0.717, 1.165) is 13.2 Å². The third kappa shape index (κ3) is 2.73. The first kappa shape index (κ1) is 15.5. The summed E-state index contributed by atoms with van der Waals surface area (Å²) in [5.74, 6) is -5.73. The number of hydrogen-bond donors (Lipinski definition) is 1. The smallest absolute Gasteiger partial charge is 0.456 e. The number of aliphatic hydroxyl groups excluding tert-OH is 1. The van der Waals surface area contributed by atoms with Crippen LogP contribution in [-0.2, 0) is 0 Å². The summed E-state index contributed by atoms with van der Waals surface area (Å²) >= 11 is 0. The van der Waals surface area contributed by atoms with Gasteiger partial charge in [0.2, 0.25) is 0 Å². The number of halogens is 5. The number of para-hydroxylation sites is 1. The molecule has 1 rings (SSSR count). The molecular weight excluding hydrogens is 275 g/mol. The van der Waals surface area contributed by atoms with E-state index in [-0.39, 0.29) is 11.5 Å². The van der Waals surface area contributed by atoms with Gasteiger partial charge in [-0.05, 0) is 6.07 Å². The van der Waals surface area contributed by atoms with Crippen molar-refractivity contribution in [3.8, 4) is 11.5 Å². The van der Waals surface area contributed by atoms with E-state index in [2.05, 4.69) is 0 Å². The molecule has 0 heterocycles. The van der Waals surface area contributed by atoms with Gasteiger partial charge in [0, 0.05) is 5.56 Å². The zero-order valence-electron chi connectivity index (χ0n) is 9.96. The summed E-state index contributed by atoms with van der Waals surface area (Å²) in [6.07, 6.45) is -8.96. The molecule has 0 spiro atoms. The highest BCUT2D eigenvalue weighted by molar-refractivity contribution is 5.48. The molecule has 0 aliphatic carbocycles. The maximum absolute atomic E-state index is 13.1. The van der Waals surface area contributed by atoms with E-state index in [1.807, 2.05) is 0 Å². The first-order chi connectivity index (χ1) is 8.66. The molecule has 0 bridgehead atoms. The Morgan fingerprint density at radius 1 is 1.05 bits per heavy atom. The van der Waals surface area contributed by atoms with Crippen LogP contribution in [-0.4, -0.2) is 31.4 Å². The summed E-state index contributed by atoms with van der Waals surface area (Å²) in [5.41, 5.74) is -0.704. The first-order valence-electron chi connectivity index (χ1n) is 5.00. The van der Waals surface area contributed by atoms with Crippen LogP contribution in [0, 0.1) is 0 Å². The van der Waals surface area contributed by atoms with E-state index in [1.54, 1.807) is 0 Å². The van der Waals surface area contributed by atoms with Gasteiger partial charge >= 0.3 is 12.1 Å². The van der Waals surface area contributed by atoms with Crippen molar-refractivity contribution in [1.29, 1.82) is 0 Å². The lowest BCUT2D eigenvalue weighted by Gasteiger charge is -2.26. The molecule has 0 aliphatic heterocycles. The van der Waals surface area contributed by atoms with Gasteiger partial charge in [-0.1, -0.05) is 12.1 Å². The van der Waals surface area contributed by atoms with Crippen LogP contribution in [0.2, 0.25) is 0 Å². The minimum absolute atomic E-state index is 0.0583. The van der Waals surface area contributed by atoms with E-state index < -0.39 is 23.8 Å². The first-order valence-corrected chi connectivity index (χ1v) is 5.00. The summed E-state index contributed by atoms with van der Waals surface area (Å²) < 4.78 is 72.3. The van der Waals surface area contributed by atoms with Crippen LogP contribution >= 0.6 is 0 Å². The van der Waals surface area contributed by atoms with Crippen molar-refractivity contribution >= 4 is 0 Å². The van der Waals surface area contributed by atoms with Gasteiger partial charge in [0.1, 0.15) is 0 Å². The maximum Gasteiger partial charge on any atom is 0.456 e. The Morgan fingerprint density at radius 3 is 2.05 bits per heavy atom. The van der Waals surface area contributed by atoms with E-state index in [4.69, 9.17) is 9.47 Å². The average molecular weight is 286 g/mol. The molecule has 0 amide bonds. The molecule has 0 aliphatic rings. The number of aliphatic hydroxyl groups is 1. The standard InChI is InChI=1S/C11H11F5O3/c1-18-7-5-3-4-6(8(7)19-2)9(17)10(12,13)11(14,15)16/h3-5,9,17H,1-2H3/t9-/m1/s1. The molecule has 1 atom stereocenters. The molecule has 3 nitrogen and oxygen atoms in total. The van der Waals surface area contributed by atoms with E-state index in [0.29, 0.717) is 0 Å². The van der Waals surface area contributed by atoms with Crippen molar-refractivity contribution < 1.29 is 36.5 Å². The van der Waals surface area contributed by atoms with Crippen molar-refractivity contribution in [2.24, 2.45) is 0 Å². The predicted octanol–water partition coefficient (Wildman–Crippen LogP) is 2.93. The maximum atomic E-state index is 13.1. The van der Waals surface area contributed by atoms with Crippen LogP contribution in [0.1, 0.15) is 11.7 Å². The van der Waals surface area contributed by atoms with Gasteiger partial charge in [-0.15, -0.1) is 0 Å². The van der Waals surface area contributed by atoms with Crippen molar-refractivity contribution in [2.75, 3.05) is 14.2 Å². The Kier molecular flexibility index (Phi) is 4.24. The Bertz CT molecular complexity index is 444. The Morgan fingerprint density at radius 2 is 1.63 bits per heavy atom. The monoisotopic (exact) mass is 286 g/mol. The molecule has 0 aromatic heterocycles. The van der Waals surface area contributed by atoms with Crippen LogP contribution in [0.15, 0.2) is 18.2 Å². The number of methoxy groups -OCH3 is 2.